The molecule has 0 amide bonds. The van der Waals surface area contributed by atoms with Gasteiger partial charge < -0.3 is 4.74 Å². The molecule has 12 heavy (non-hydrogen) atoms. The average Bonchev–Trinajstić information content (AvgIpc) is 1.97. The third-order valence-electron chi connectivity index (χ3n) is 1.21. The van der Waals surface area contributed by atoms with Crippen LogP contribution in [0.2, 0.25) is 0 Å². The summed E-state index contributed by atoms with van der Waals surface area (Å²) < 4.78 is 5.68. The molecule has 0 heterocycles. The first kappa shape index (κ1) is 13.0. The molecule has 0 aliphatic heterocycles. The Morgan fingerprint density at radius 3 is 2.00 bits per heavy atom. The Bertz CT molecular complexity index is 125. The molecule has 2 atom stereocenters. The summed E-state index contributed by atoms with van der Waals surface area (Å²) in [4.78, 5) is 0.121. The third kappa shape index (κ3) is 5.63. The highest BCUT2D eigenvalue weighted by molar-refractivity contribution is 9.09. The van der Waals surface area contributed by atoms with E-state index in [-0.39, 0.29) is 16.5 Å². The van der Waals surface area contributed by atoms with Crippen molar-refractivity contribution >= 4 is 39.1 Å². The van der Waals surface area contributed by atoms with Gasteiger partial charge in [0.05, 0.1) is 16.5 Å². The van der Waals surface area contributed by atoms with Crippen LogP contribution in [0, 0.1) is 0 Å². The predicted molar refractivity (Wildman–Crippen MR) is 58.8 cm³/mol. The number of alkyl halides is 3. The van der Waals surface area contributed by atoms with Crippen LogP contribution in [-0.4, -0.2) is 28.3 Å². The lowest BCUT2D eigenvalue weighted by Crippen LogP contribution is -2.35. The summed E-state index contributed by atoms with van der Waals surface area (Å²) in [6.45, 7) is 6.00. The standard InChI is InChI=1S/C8H15BrCl2O/c1-8(2,3)12-7(5-11)6(9)4-10/h6-7H,4-5H2,1-3H3. The quantitative estimate of drug-likeness (QED) is 0.716. The second-order valence-corrected chi connectivity index (χ2v) is 5.39. The van der Waals surface area contributed by atoms with Gasteiger partial charge in [-0.15, -0.1) is 23.2 Å². The molecule has 0 aliphatic carbocycles. The fourth-order valence-electron chi connectivity index (χ4n) is 0.755. The smallest absolute Gasteiger partial charge is 0.0853 e. The summed E-state index contributed by atoms with van der Waals surface area (Å²) >= 11 is 14.8. The lowest BCUT2D eigenvalue weighted by atomic mass is 10.2. The van der Waals surface area contributed by atoms with Crippen LogP contribution < -0.4 is 0 Å². The van der Waals surface area contributed by atoms with Crippen LogP contribution in [0.25, 0.3) is 0 Å². The molecule has 0 aromatic rings. The molecule has 0 aliphatic rings. The molecule has 2 unspecified atom stereocenters. The second-order valence-electron chi connectivity index (χ2n) is 3.59. The number of halogens is 3. The fraction of sp³-hybridized carbons (Fsp3) is 1.00. The first-order chi connectivity index (χ1) is 5.40. The summed E-state index contributed by atoms with van der Waals surface area (Å²) in [5.74, 6) is 0.966. The Kier molecular flexibility index (Phi) is 6.17. The van der Waals surface area contributed by atoms with E-state index < -0.39 is 0 Å². The predicted octanol–water partition coefficient (Wildman–Crippen LogP) is 3.41. The van der Waals surface area contributed by atoms with E-state index in [4.69, 9.17) is 27.9 Å². The van der Waals surface area contributed by atoms with Gasteiger partial charge in [-0.1, -0.05) is 15.9 Å². The Labute approximate surface area is 92.9 Å². The van der Waals surface area contributed by atoms with Gasteiger partial charge in [0.1, 0.15) is 0 Å². The molecule has 4 heteroatoms. The molecular weight excluding hydrogens is 263 g/mol. The SMILES string of the molecule is CC(C)(C)OC(CCl)C(Br)CCl. The van der Waals surface area contributed by atoms with E-state index in [9.17, 15) is 0 Å². The molecule has 0 aromatic carbocycles. The maximum absolute atomic E-state index is 5.73. The summed E-state index contributed by atoms with van der Waals surface area (Å²) in [6, 6.07) is 0. The van der Waals surface area contributed by atoms with Crippen LogP contribution in [-0.2, 0) is 4.74 Å². The highest BCUT2D eigenvalue weighted by Gasteiger charge is 2.23. The minimum Gasteiger partial charge on any atom is -0.370 e. The maximum atomic E-state index is 5.73. The van der Waals surface area contributed by atoms with E-state index in [1.54, 1.807) is 0 Å². The molecule has 0 bridgehead atoms. The van der Waals surface area contributed by atoms with Crippen molar-refractivity contribution in [3.05, 3.63) is 0 Å². The maximum Gasteiger partial charge on any atom is 0.0853 e. The van der Waals surface area contributed by atoms with E-state index >= 15 is 0 Å². The highest BCUT2D eigenvalue weighted by Crippen LogP contribution is 2.19. The van der Waals surface area contributed by atoms with Crippen LogP contribution in [0.5, 0.6) is 0 Å². The molecule has 0 saturated heterocycles. The van der Waals surface area contributed by atoms with Gasteiger partial charge in [-0.2, -0.15) is 0 Å². The Morgan fingerprint density at radius 2 is 1.75 bits per heavy atom. The molecular formula is C8H15BrCl2O. The normalized spacial score (nSPS) is 17.5. The van der Waals surface area contributed by atoms with Crippen LogP contribution in [0.15, 0.2) is 0 Å². The first-order valence-corrected chi connectivity index (χ1v) is 5.83. The van der Waals surface area contributed by atoms with E-state index in [1.807, 2.05) is 20.8 Å². The van der Waals surface area contributed by atoms with Gasteiger partial charge in [0, 0.05) is 11.8 Å². The van der Waals surface area contributed by atoms with Gasteiger partial charge in [0.15, 0.2) is 0 Å². The molecule has 74 valence electrons. The van der Waals surface area contributed by atoms with Gasteiger partial charge in [-0.25, -0.2) is 0 Å². The number of hydrogen-bond acceptors (Lipinski definition) is 1. The van der Waals surface area contributed by atoms with Crippen molar-refractivity contribution in [2.75, 3.05) is 11.8 Å². The third-order valence-corrected chi connectivity index (χ3v) is 3.13. The molecule has 0 N–H and O–H groups in total. The summed E-state index contributed by atoms with van der Waals surface area (Å²) in [6.07, 6.45) is -0.0239. The van der Waals surface area contributed by atoms with Crippen LogP contribution in [0.4, 0.5) is 0 Å². The van der Waals surface area contributed by atoms with Crippen molar-refractivity contribution in [2.24, 2.45) is 0 Å². The molecule has 1 nitrogen and oxygen atoms in total. The molecule has 0 spiro atoms. The van der Waals surface area contributed by atoms with Crippen LogP contribution >= 0.6 is 39.1 Å². The van der Waals surface area contributed by atoms with Crippen molar-refractivity contribution < 1.29 is 4.74 Å². The van der Waals surface area contributed by atoms with E-state index in [0.29, 0.717) is 11.8 Å². The lowest BCUT2D eigenvalue weighted by Gasteiger charge is -2.28. The zero-order valence-corrected chi connectivity index (χ0v) is 10.7. The Hall–Kier alpha value is 1.02. The van der Waals surface area contributed by atoms with Gasteiger partial charge in [-0.05, 0) is 20.8 Å². The van der Waals surface area contributed by atoms with Crippen molar-refractivity contribution in [2.45, 2.75) is 37.3 Å². The number of hydrogen-bond donors (Lipinski definition) is 0. The van der Waals surface area contributed by atoms with E-state index in [0.717, 1.165) is 0 Å². The Balaban J connectivity index is 3.99. The lowest BCUT2D eigenvalue weighted by molar-refractivity contribution is -0.0470. The molecule has 0 fully saturated rings. The summed E-state index contributed by atoms with van der Waals surface area (Å²) in [5.41, 5.74) is -0.169. The minimum atomic E-state index is -0.169. The van der Waals surface area contributed by atoms with Gasteiger partial charge in [0.2, 0.25) is 0 Å². The van der Waals surface area contributed by atoms with E-state index in [2.05, 4.69) is 15.9 Å². The Morgan fingerprint density at radius 1 is 1.25 bits per heavy atom. The van der Waals surface area contributed by atoms with Gasteiger partial charge >= 0.3 is 0 Å². The van der Waals surface area contributed by atoms with Crippen molar-refractivity contribution in [3.63, 3.8) is 0 Å². The first-order valence-electron chi connectivity index (χ1n) is 3.84. The summed E-state index contributed by atoms with van der Waals surface area (Å²) in [7, 11) is 0. The van der Waals surface area contributed by atoms with Gasteiger partial charge in [0.25, 0.3) is 0 Å². The van der Waals surface area contributed by atoms with Crippen LogP contribution in [0.3, 0.4) is 0 Å². The average molecular weight is 278 g/mol. The monoisotopic (exact) mass is 276 g/mol. The number of ether oxygens (including phenoxy) is 1. The van der Waals surface area contributed by atoms with Crippen molar-refractivity contribution in [1.82, 2.24) is 0 Å². The van der Waals surface area contributed by atoms with Crippen molar-refractivity contribution in [3.8, 4) is 0 Å². The topological polar surface area (TPSA) is 9.23 Å². The highest BCUT2D eigenvalue weighted by atomic mass is 79.9. The fourth-order valence-corrected chi connectivity index (χ4v) is 1.74. The zero-order valence-electron chi connectivity index (χ0n) is 7.61. The molecule has 0 aromatic heterocycles. The molecule has 0 saturated carbocycles. The van der Waals surface area contributed by atoms with E-state index in [1.165, 1.54) is 0 Å². The van der Waals surface area contributed by atoms with Crippen LogP contribution in [0.1, 0.15) is 20.8 Å². The van der Waals surface area contributed by atoms with Gasteiger partial charge in [-0.3, -0.25) is 0 Å². The minimum absolute atomic E-state index is 0.0239. The van der Waals surface area contributed by atoms with Crippen molar-refractivity contribution in [1.29, 1.82) is 0 Å². The summed E-state index contributed by atoms with van der Waals surface area (Å²) in [5, 5.41) is 0. The number of rotatable bonds is 4. The molecule has 0 radical (unpaired) electrons. The second kappa shape index (κ2) is 5.69. The zero-order chi connectivity index (χ0) is 9.78. The largest absolute Gasteiger partial charge is 0.370 e. The molecule has 0 rings (SSSR count).